The maximum absolute atomic E-state index is 12.2. The maximum atomic E-state index is 12.2. The second kappa shape index (κ2) is 4.29. The van der Waals surface area contributed by atoms with Crippen molar-refractivity contribution in [1.29, 1.82) is 0 Å². The highest BCUT2D eigenvalue weighted by atomic mass is 16.5. The Morgan fingerprint density at radius 1 is 0.778 bits per heavy atom. The van der Waals surface area contributed by atoms with Gasteiger partial charge in [0.1, 0.15) is 0 Å². The van der Waals surface area contributed by atoms with Crippen LogP contribution in [0.4, 0.5) is 0 Å². The van der Waals surface area contributed by atoms with Crippen LogP contribution in [0.5, 0.6) is 0 Å². The molecule has 4 N–H and O–H groups in total. The molecule has 0 radical (unpaired) electrons. The third kappa shape index (κ3) is 2.21. The van der Waals surface area contributed by atoms with Gasteiger partial charge in [0.05, 0.1) is 11.8 Å². The highest BCUT2D eigenvalue weighted by Gasteiger charge is 2.45. The minimum Gasteiger partial charge on any atom is -0.362 e. The van der Waals surface area contributed by atoms with E-state index in [1.54, 1.807) is 0 Å². The standard InChI is InChI=1S/C13H14O5/c14-11(9-5-1-3-7-12(9,15)16)10-6-2-4-8-13(10,17)18/h1-10,15-18H. The molecule has 0 bridgehead atoms. The van der Waals surface area contributed by atoms with Crippen molar-refractivity contribution in [3.63, 3.8) is 0 Å². The van der Waals surface area contributed by atoms with Crippen molar-refractivity contribution in [1.82, 2.24) is 0 Å². The number of rotatable bonds is 2. The fraction of sp³-hybridized carbons (Fsp3) is 0.308. The summed E-state index contributed by atoms with van der Waals surface area (Å²) in [6.45, 7) is 0. The van der Waals surface area contributed by atoms with Crippen LogP contribution in [0.1, 0.15) is 0 Å². The second-order valence-electron chi connectivity index (χ2n) is 4.41. The summed E-state index contributed by atoms with van der Waals surface area (Å²) in [4.78, 5) is 12.2. The fourth-order valence-electron chi connectivity index (χ4n) is 2.04. The average molecular weight is 250 g/mol. The maximum Gasteiger partial charge on any atom is 0.196 e. The Morgan fingerprint density at radius 3 is 1.50 bits per heavy atom. The van der Waals surface area contributed by atoms with E-state index in [1.165, 1.54) is 36.5 Å². The smallest absolute Gasteiger partial charge is 0.196 e. The van der Waals surface area contributed by atoms with Gasteiger partial charge < -0.3 is 20.4 Å². The Bertz CT molecular complexity index is 426. The lowest BCUT2D eigenvalue weighted by molar-refractivity contribution is -0.183. The van der Waals surface area contributed by atoms with Crippen molar-refractivity contribution in [2.75, 3.05) is 0 Å². The van der Waals surface area contributed by atoms with Gasteiger partial charge >= 0.3 is 0 Å². The van der Waals surface area contributed by atoms with E-state index in [0.29, 0.717) is 0 Å². The van der Waals surface area contributed by atoms with Gasteiger partial charge in [0.2, 0.25) is 0 Å². The highest BCUT2D eigenvalue weighted by Crippen LogP contribution is 2.31. The molecule has 2 unspecified atom stereocenters. The van der Waals surface area contributed by atoms with Crippen LogP contribution in [0.3, 0.4) is 0 Å². The molecule has 96 valence electrons. The van der Waals surface area contributed by atoms with E-state index in [9.17, 15) is 25.2 Å². The number of Topliss-reactive ketones (excluding diaryl/α,β-unsaturated/α-hetero) is 1. The molecule has 0 saturated heterocycles. The summed E-state index contributed by atoms with van der Waals surface area (Å²) in [5, 5.41) is 38.8. The van der Waals surface area contributed by atoms with E-state index in [-0.39, 0.29) is 0 Å². The molecule has 0 aromatic rings. The third-order valence-electron chi connectivity index (χ3n) is 3.04. The van der Waals surface area contributed by atoms with Crippen LogP contribution < -0.4 is 0 Å². The van der Waals surface area contributed by atoms with Gasteiger partial charge in [-0.05, 0) is 12.2 Å². The number of hydrogen-bond acceptors (Lipinski definition) is 5. The van der Waals surface area contributed by atoms with E-state index < -0.39 is 29.2 Å². The van der Waals surface area contributed by atoms with Crippen LogP contribution in [0.2, 0.25) is 0 Å². The van der Waals surface area contributed by atoms with Crippen molar-refractivity contribution < 1.29 is 25.2 Å². The number of hydrogen-bond donors (Lipinski definition) is 4. The molecule has 0 fully saturated rings. The molecule has 0 aromatic carbocycles. The molecule has 0 aliphatic heterocycles. The molecular formula is C13H14O5. The van der Waals surface area contributed by atoms with Crippen LogP contribution >= 0.6 is 0 Å². The van der Waals surface area contributed by atoms with Gasteiger partial charge in [-0.25, -0.2) is 0 Å². The number of allylic oxidation sites excluding steroid dienone is 4. The largest absolute Gasteiger partial charge is 0.362 e. The quantitative estimate of drug-likeness (QED) is 0.491. The number of carbonyl (C=O) groups excluding carboxylic acids is 1. The first kappa shape index (κ1) is 12.9. The predicted molar refractivity (Wildman–Crippen MR) is 62.9 cm³/mol. The van der Waals surface area contributed by atoms with Gasteiger partial charge in [-0.1, -0.05) is 36.5 Å². The van der Waals surface area contributed by atoms with Gasteiger partial charge in [0.15, 0.2) is 17.4 Å². The van der Waals surface area contributed by atoms with Gasteiger partial charge in [-0.3, -0.25) is 4.79 Å². The zero-order valence-corrected chi connectivity index (χ0v) is 9.47. The Balaban J connectivity index is 2.27. The molecular weight excluding hydrogens is 236 g/mol. The van der Waals surface area contributed by atoms with Crippen molar-refractivity contribution in [2.24, 2.45) is 11.8 Å². The van der Waals surface area contributed by atoms with Crippen LogP contribution in [0.15, 0.2) is 48.6 Å². The van der Waals surface area contributed by atoms with Gasteiger partial charge in [-0.2, -0.15) is 0 Å². The molecule has 2 atom stereocenters. The molecule has 0 heterocycles. The van der Waals surface area contributed by atoms with Crippen molar-refractivity contribution in [3.8, 4) is 0 Å². The predicted octanol–water partition coefficient (Wildman–Crippen LogP) is -0.598. The van der Waals surface area contributed by atoms with Crippen molar-refractivity contribution >= 4 is 5.78 Å². The molecule has 0 aromatic heterocycles. The molecule has 18 heavy (non-hydrogen) atoms. The molecule has 2 aliphatic rings. The molecule has 0 saturated carbocycles. The molecule has 2 rings (SSSR count). The summed E-state index contributed by atoms with van der Waals surface area (Å²) in [6.07, 6.45) is 10.6. The van der Waals surface area contributed by atoms with Gasteiger partial charge in [-0.15, -0.1) is 0 Å². The lowest BCUT2D eigenvalue weighted by atomic mass is 9.79. The number of carbonyl (C=O) groups is 1. The molecule has 5 heteroatoms. The van der Waals surface area contributed by atoms with E-state index in [4.69, 9.17) is 0 Å². The first-order valence-corrected chi connectivity index (χ1v) is 5.50. The Morgan fingerprint density at radius 2 is 1.17 bits per heavy atom. The Hall–Kier alpha value is -1.53. The van der Waals surface area contributed by atoms with Crippen LogP contribution in [0, 0.1) is 11.8 Å². The minimum absolute atomic E-state index is 0.675. The molecule has 5 nitrogen and oxygen atoms in total. The second-order valence-corrected chi connectivity index (χ2v) is 4.41. The third-order valence-corrected chi connectivity index (χ3v) is 3.04. The zero-order valence-electron chi connectivity index (χ0n) is 9.47. The fourth-order valence-corrected chi connectivity index (χ4v) is 2.04. The normalized spacial score (nSPS) is 31.6. The highest BCUT2D eigenvalue weighted by molar-refractivity contribution is 5.89. The monoisotopic (exact) mass is 250 g/mol. The lowest BCUT2D eigenvalue weighted by Crippen LogP contribution is -2.49. The number of aliphatic hydroxyl groups is 4. The first-order valence-electron chi connectivity index (χ1n) is 5.50. The minimum atomic E-state index is -2.31. The van der Waals surface area contributed by atoms with Crippen molar-refractivity contribution in [2.45, 2.75) is 11.6 Å². The van der Waals surface area contributed by atoms with E-state index in [1.807, 2.05) is 0 Å². The van der Waals surface area contributed by atoms with Crippen molar-refractivity contribution in [3.05, 3.63) is 48.6 Å². The van der Waals surface area contributed by atoms with E-state index in [0.717, 1.165) is 12.2 Å². The average Bonchev–Trinajstić information content (AvgIpc) is 2.27. The topological polar surface area (TPSA) is 98.0 Å². The first-order chi connectivity index (χ1) is 8.34. The summed E-state index contributed by atoms with van der Waals surface area (Å²) in [7, 11) is 0. The number of ketones is 1. The summed E-state index contributed by atoms with van der Waals surface area (Å²) in [5.74, 6) is -7.76. The lowest BCUT2D eigenvalue weighted by Gasteiger charge is -2.33. The zero-order chi connectivity index (χ0) is 13.4. The Labute approximate surface area is 104 Å². The Kier molecular flexibility index (Phi) is 3.08. The SMILES string of the molecule is O=C(C1C=CC=CC1(O)O)C1C=CC=CC1(O)O. The van der Waals surface area contributed by atoms with Crippen LogP contribution in [0.25, 0.3) is 0 Å². The summed E-state index contributed by atoms with van der Waals surface area (Å²) in [6, 6.07) is 0. The summed E-state index contributed by atoms with van der Waals surface area (Å²) >= 11 is 0. The van der Waals surface area contributed by atoms with Gasteiger partial charge in [0, 0.05) is 0 Å². The molecule has 2 aliphatic carbocycles. The van der Waals surface area contributed by atoms with Crippen LogP contribution in [-0.2, 0) is 4.79 Å². The van der Waals surface area contributed by atoms with E-state index in [2.05, 4.69) is 0 Å². The molecule has 0 spiro atoms. The van der Waals surface area contributed by atoms with Crippen LogP contribution in [-0.4, -0.2) is 37.8 Å². The summed E-state index contributed by atoms with van der Waals surface area (Å²) < 4.78 is 0. The van der Waals surface area contributed by atoms with E-state index >= 15 is 0 Å². The summed E-state index contributed by atoms with van der Waals surface area (Å²) in [5.41, 5.74) is 0. The molecule has 0 amide bonds. The van der Waals surface area contributed by atoms with Gasteiger partial charge in [0.25, 0.3) is 0 Å².